The van der Waals surface area contributed by atoms with Crippen LogP contribution in [0.2, 0.25) is 0 Å². The Balaban J connectivity index is 2.10. The van der Waals surface area contributed by atoms with Gasteiger partial charge < -0.3 is 10.6 Å². The van der Waals surface area contributed by atoms with Gasteiger partial charge in [0.1, 0.15) is 5.82 Å². The minimum atomic E-state index is -0.384. The maximum atomic E-state index is 12.5. The number of hydrogen-bond donors (Lipinski definition) is 3. The summed E-state index contributed by atoms with van der Waals surface area (Å²) in [6.45, 7) is 5.09. The van der Waals surface area contributed by atoms with E-state index in [1.807, 2.05) is 0 Å². The lowest BCUT2D eigenvalue weighted by atomic mass is 9.91. The standard InChI is InChI=1S/C13H22N4O/c1-3-6-13(7-5-8-14-13)12(18)16-11-10(4-2)9-15-17-11/h9,14H,3-8H2,1-2H3,(H2,15,16,17,18). The molecule has 1 amide bonds. The number of amides is 1. The SMILES string of the molecule is CCCC1(C(=O)Nc2[nH]ncc2CC)CCCN1. The second-order valence-corrected chi connectivity index (χ2v) is 4.94. The fourth-order valence-corrected chi connectivity index (χ4v) is 2.67. The van der Waals surface area contributed by atoms with Crippen LogP contribution in [-0.2, 0) is 11.2 Å². The Kier molecular flexibility index (Phi) is 4.01. The van der Waals surface area contributed by atoms with Gasteiger partial charge in [-0.1, -0.05) is 20.3 Å². The molecule has 0 saturated carbocycles. The van der Waals surface area contributed by atoms with Gasteiger partial charge in [-0.2, -0.15) is 5.10 Å². The highest BCUT2D eigenvalue weighted by molar-refractivity contribution is 5.98. The quantitative estimate of drug-likeness (QED) is 0.746. The van der Waals surface area contributed by atoms with Gasteiger partial charge in [0.2, 0.25) is 5.91 Å². The molecule has 0 aromatic carbocycles. The number of hydrogen-bond acceptors (Lipinski definition) is 3. The summed E-state index contributed by atoms with van der Waals surface area (Å²) in [4.78, 5) is 12.5. The van der Waals surface area contributed by atoms with Crippen LogP contribution in [0.3, 0.4) is 0 Å². The van der Waals surface area contributed by atoms with Crippen LogP contribution in [0.1, 0.15) is 45.1 Å². The highest BCUT2D eigenvalue weighted by atomic mass is 16.2. The highest BCUT2D eigenvalue weighted by Gasteiger charge is 2.40. The fraction of sp³-hybridized carbons (Fsp3) is 0.692. The predicted molar refractivity (Wildman–Crippen MR) is 71.5 cm³/mol. The van der Waals surface area contributed by atoms with Gasteiger partial charge in [0, 0.05) is 5.56 Å². The fourth-order valence-electron chi connectivity index (χ4n) is 2.67. The molecule has 2 rings (SSSR count). The Bertz CT molecular complexity index is 407. The number of carbonyl (C=O) groups is 1. The number of aryl methyl sites for hydroxylation is 1. The molecule has 18 heavy (non-hydrogen) atoms. The van der Waals surface area contributed by atoms with E-state index in [0.717, 1.165) is 50.0 Å². The Labute approximate surface area is 108 Å². The highest BCUT2D eigenvalue weighted by Crippen LogP contribution is 2.26. The van der Waals surface area contributed by atoms with Crippen molar-refractivity contribution in [3.05, 3.63) is 11.8 Å². The molecule has 1 unspecified atom stereocenters. The molecule has 0 spiro atoms. The maximum absolute atomic E-state index is 12.5. The summed E-state index contributed by atoms with van der Waals surface area (Å²) in [6, 6.07) is 0. The predicted octanol–water partition coefficient (Wildman–Crippen LogP) is 1.83. The first-order chi connectivity index (χ1) is 8.72. The van der Waals surface area contributed by atoms with E-state index in [2.05, 4.69) is 34.7 Å². The molecule has 1 aromatic rings. The number of nitrogens with one attached hydrogen (secondary N) is 3. The molecule has 1 saturated heterocycles. The zero-order chi connectivity index (χ0) is 13.0. The number of aromatic nitrogens is 2. The lowest BCUT2D eigenvalue weighted by Crippen LogP contribution is -2.50. The molecule has 3 N–H and O–H groups in total. The summed E-state index contributed by atoms with van der Waals surface area (Å²) in [7, 11) is 0. The third kappa shape index (κ3) is 2.41. The van der Waals surface area contributed by atoms with E-state index in [1.165, 1.54) is 0 Å². The Morgan fingerprint density at radius 1 is 1.56 bits per heavy atom. The Morgan fingerprint density at radius 3 is 3.00 bits per heavy atom. The zero-order valence-electron chi connectivity index (χ0n) is 11.2. The summed E-state index contributed by atoms with van der Waals surface area (Å²) in [5.41, 5.74) is 0.665. The van der Waals surface area contributed by atoms with Crippen molar-refractivity contribution in [2.24, 2.45) is 0 Å². The van der Waals surface area contributed by atoms with E-state index in [9.17, 15) is 4.79 Å². The van der Waals surface area contributed by atoms with Gasteiger partial charge in [-0.25, -0.2) is 0 Å². The largest absolute Gasteiger partial charge is 0.309 e. The molecule has 2 heterocycles. The first-order valence-electron chi connectivity index (χ1n) is 6.80. The second kappa shape index (κ2) is 5.52. The molecular formula is C13H22N4O. The first kappa shape index (κ1) is 13.1. The van der Waals surface area contributed by atoms with Crippen molar-refractivity contribution in [2.45, 2.75) is 51.5 Å². The van der Waals surface area contributed by atoms with Gasteiger partial charge in [-0.3, -0.25) is 9.89 Å². The number of anilines is 1. The minimum absolute atomic E-state index is 0.0702. The Morgan fingerprint density at radius 2 is 2.39 bits per heavy atom. The van der Waals surface area contributed by atoms with Crippen LogP contribution in [0, 0.1) is 0 Å². The maximum Gasteiger partial charge on any atom is 0.245 e. The molecular weight excluding hydrogens is 228 g/mol. The van der Waals surface area contributed by atoms with Gasteiger partial charge in [0.15, 0.2) is 0 Å². The van der Waals surface area contributed by atoms with Crippen molar-refractivity contribution in [3.63, 3.8) is 0 Å². The monoisotopic (exact) mass is 250 g/mol. The Hall–Kier alpha value is -1.36. The zero-order valence-corrected chi connectivity index (χ0v) is 11.2. The van der Waals surface area contributed by atoms with E-state index >= 15 is 0 Å². The minimum Gasteiger partial charge on any atom is -0.309 e. The van der Waals surface area contributed by atoms with Crippen LogP contribution in [-0.4, -0.2) is 28.2 Å². The van der Waals surface area contributed by atoms with Crippen LogP contribution >= 0.6 is 0 Å². The number of aromatic amines is 1. The summed E-state index contributed by atoms with van der Waals surface area (Å²) in [5, 5.41) is 13.2. The topological polar surface area (TPSA) is 69.8 Å². The van der Waals surface area contributed by atoms with Crippen molar-refractivity contribution in [1.29, 1.82) is 0 Å². The third-order valence-electron chi connectivity index (χ3n) is 3.69. The number of H-pyrrole nitrogens is 1. The summed E-state index contributed by atoms with van der Waals surface area (Å²) < 4.78 is 0. The van der Waals surface area contributed by atoms with Gasteiger partial charge in [-0.15, -0.1) is 0 Å². The molecule has 1 aliphatic rings. The lowest BCUT2D eigenvalue weighted by Gasteiger charge is -2.27. The van der Waals surface area contributed by atoms with E-state index in [0.29, 0.717) is 0 Å². The molecule has 1 aliphatic heterocycles. The summed E-state index contributed by atoms with van der Waals surface area (Å²) >= 11 is 0. The van der Waals surface area contributed by atoms with Crippen molar-refractivity contribution in [2.75, 3.05) is 11.9 Å². The van der Waals surface area contributed by atoms with Crippen LogP contribution < -0.4 is 10.6 Å². The van der Waals surface area contributed by atoms with Crippen LogP contribution in [0.15, 0.2) is 6.20 Å². The molecule has 1 aromatic heterocycles. The number of nitrogens with zero attached hydrogens (tertiary/aromatic N) is 1. The van der Waals surface area contributed by atoms with Crippen molar-refractivity contribution >= 4 is 11.7 Å². The van der Waals surface area contributed by atoms with E-state index < -0.39 is 0 Å². The van der Waals surface area contributed by atoms with Crippen LogP contribution in [0.25, 0.3) is 0 Å². The number of carbonyl (C=O) groups excluding carboxylic acids is 1. The third-order valence-corrected chi connectivity index (χ3v) is 3.69. The lowest BCUT2D eigenvalue weighted by molar-refractivity contribution is -0.122. The summed E-state index contributed by atoms with van der Waals surface area (Å²) in [6.07, 6.45) is 6.50. The molecule has 5 heteroatoms. The average Bonchev–Trinajstić information content (AvgIpc) is 2.99. The molecule has 1 fully saturated rings. The first-order valence-corrected chi connectivity index (χ1v) is 6.80. The van der Waals surface area contributed by atoms with Crippen LogP contribution in [0.4, 0.5) is 5.82 Å². The average molecular weight is 250 g/mol. The molecule has 100 valence electrons. The number of rotatable bonds is 5. The van der Waals surface area contributed by atoms with Gasteiger partial charge in [0.05, 0.1) is 11.7 Å². The second-order valence-electron chi connectivity index (χ2n) is 4.94. The van der Waals surface area contributed by atoms with Crippen molar-refractivity contribution in [3.8, 4) is 0 Å². The van der Waals surface area contributed by atoms with Crippen molar-refractivity contribution in [1.82, 2.24) is 15.5 Å². The van der Waals surface area contributed by atoms with Crippen molar-refractivity contribution < 1.29 is 4.79 Å². The van der Waals surface area contributed by atoms with Gasteiger partial charge in [-0.05, 0) is 32.2 Å². The van der Waals surface area contributed by atoms with Gasteiger partial charge in [0.25, 0.3) is 0 Å². The molecule has 0 aliphatic carbocycles. The molecule has 5 nitrogen and oxygen atoms in total. The summed E-state index contributed by atoms with van der Waals surface area (Å²) in [5.74, 6) is 0.812. The molecule has 1 atom stereocenters. The van der Waals surface area contributed by atoms with Crippen LogP contribution in [0.5, 0.6) is 0 Å². The molecule has 0 radical (unpaired) electrons. The van der Waals surface area contributed by atoms with Gasteiger partial charge >= 0.3 is 0 Å². The normalized spacial score (nSPS) is 23.2. The van der Waals surface area contributed by atoms with E-state index in [4.69, 9.17) is 0 Å². The van der Waals surface area contributed by atoms with E-state index in [-0.39, 0.29) is 11.4 Å². The van der Waals surface area contributed by atoms with E-state index in [1.54, 1.807) is 6.20 Å². The smallest absolute Gasteiger partial charge is 0.245 e. The molecule has 0 bridgehead atoms.